The Kier molecular flexibility index (Phi) is 5.40. The van der Waals surface area contributed by atoms with Gasteiger partial charge in [-0.1, -0.05) is 32.9 Å². The number of piperidine rings is 1. The minimum absolute atomic E-state index is 0.0303. The van der Waals surface area contributed by atoms with Crippen LogP contribution >= 0.6 is 0 Å². The molecule has 0 aliphatic carbocycles. The average molecular weight is 288 g/mol. The van der Waals surface area contributed by atoms with Crippen LogP contribution in [0.25, 0.3) is 0 Å². The second-order valence-electron chi connectivity index (χ2n) is 6.09. The summed E-state index contributed by atoms with van der Waals surface area (Å²) in [7, 11) is 0. The maximum absolute atomic E-state index is 12.3. The van der Waals surface area contributed by atoms with E-state index in [9.17, 15) is 4.79 Å². The van der Waals surface area contributed by atoms with Crippen LogP contribution in [-0.4, -0.2) is 29.9 Å². The molecule has 116 valence electrons. The van der Waals surface area contributed by atoms with Crippen molar-refractivity contribution in [2.45, 2.75) is 53.0 Å². The van der Waals surface area contributed by atoms with Gasteiger partial charge in [-0.25, -0.2) is 0 Å². The molecule has 1 aromatic rings. The number of aryl methyl sites for hydroxylation is 1. The number of nitrogens with one attached hydrogen (secondary N) is 1. The fourth-order valence-electron chi connectivity index (χ4n) is 3.14. The molecule has 1 fully saturated rings. The summed E-state index contributed by atoms with van der Waals surface area (Å²) in [4.78, 5) is 14.7. The molecule has 0 radical (unpaired) electrons. The van der Waals surface area contributed by atoms with E-state index in [4.69, 9.17) is 0 Å². The van der Waals surface area contributed by atoms with E-state index in [0.717, 1.165) is 31.1 Å². The first-order chi connectivity index (χ1) is 10.1. The van der Waals surface area contributed by atoms with Gasteiger partial charge in [0.1, 0.15) is 0 Å². The third-order valence-corrected chi connectivity index (χ3v) is 4.50. The predicted molar refractivity (Wildman–Crippen MR) is 88.6 cm³/mol. The Morgan fingerprint density at radius 2 is 1.86 bits per heavy atom. The van der Waals surface area contributed by atoms with E-state index in [0.29, 0.717) is 0 Å². The zero-order valence-electron chi connectivity index (χ0n) is 13.8. The monoisotopic (exact) mass is 288 g/mol. The highest BCUT2D eigenvalue weighted by molar-refractivity contribution is 5.98. The van der Waals surface area contributed by atoms with Crippen molar-refractivity contribution < 1.29 is 4.79 Å². The first-order valence-corrected chi connectivity index (χ1v) is 8.28. The van der Waals surface area contributed by atoms with Crippen molar-refractivity contribution in [2.75, 3.05) is 18.4 Å². The molecule has 0 aromatic heterocycles. The van der Waals surface area contributed by atoms with Gasteiger partial charge in [0.25, 0.3) is 0 Å². The van der Waals surface area contributed by atoms with Crippen LogP contribution in [0, 0.1) is 12.8 Å². The molecule has 0 saturated carbocycles. The lowest BCUT2D eigenvalue weighted by Crippen LogP contribution is -2.50. The lowest BCUT2D eigenvalue weighted by Gasteiger charge is -2.38. The molecular weight excluding hydrogens is 260 g/mol. The fourth-order valence-corrected chi connectivity index (χ4v) is 3.14. The van der Waals surface area contributed by atoms with E-state index in [1.165, 1.54) is 24.0 Å². The minimum atomic E-state index is 0.0303. The van der Waals surface area contributed by atoms with Gasteiger partial charge in [-0.05, 0) is 62.4 Å². The summed E-state index contributed by atoms with van der Waals surface area (Å²) in [5.41, 5.74) is 3.48. The SMILES string of the molecule is CC.Cc1ccc2c(c1)NC(=O)C(N1CCC(C)CC1)C2. The molecule has 3 heteroatoms. The standard InChI is InChI=1S/C16H22N2O.C2H6/c1-11-5-7-18(8-6-11)15-10-13-4-3-12(2)9-14(13)17-16(15)19;1-2/h3-4,9,11,15H,5-8,10H2,1-2H3,(H,17,19);1-2H3. The molecule has 2 aliphatic heterocycles. The smallest absolute Gasteiger partial charge is 0.242 e. The van der Waals surface area contributed by atoms with Gasteiger partial charge in [0.2, 0.25) is 5.91 Å². The van der Waals surface area contributed by atoms with Crippen molar-refractivity contribution in [1.29, 1.82) is 0 Å². The van der Waals surface area contributed by atoms with Gasteiger partial charge < -0.3 is 5.32 Å². The van der Waals surface area contributed by atoms with E-state index in [-0.39, 0.29) is 11.9 Å². The van der Waals surface area contributed by atoms with Crippen molar-refractivity contribution in [3.05, 3.63) is 29.3 Å². The van der Waals surface area contributed by atoms with Crippen molar-refractivity contribution >= 4 is 11.6 Å². The van der Waals surface area contributed by atoms with Gasteiger partial charge in [0, 0.05) is 5.69 Å². The summed E-state index contributed by atoms with van der Waals surface area (Å²) in [5.74, 6) is 0.977. The Bertz CT molecular complexity index is 490. The van der Waals surface area contributed by atoms with Crippen molar-refractivity contribution in [3.8, 4) is 0 Å². The third-order valence-electron chi connectivity index (χ3n) is 4.50. The molecule has 1 atom stereocenters. The molecule has 1 N–H and O–H groups in total. The van der Waals surface area contributed by atoms with Gasteiger partial charge >= 0.3 is 0 Å². The molecule has 2 heterocycles. The number of rotatable bonds is 1. The van der Waals surface area contributed by atoms with Gasteiger partial charge in [-0.3, -0.25) is 9.69 Å². The predicted octanol–water partition coefficient (Wildman–Crippen LogP) is 3.62. The van der Waals surface area contributed by atoms with Crippen molar-refractivity contribution in [1.82, 2.24) is 4.90 Å². The minimum Gasteiger partial charge on any atom is -0.324 e. The highest BCUT2D eigenvalue weighted by Gasteiger charge is 2.32. The number of fused-ring (bicyclic) bond motifs is 1. The zero-order chi connectivity index (χ0) is 15.4. The summed E-state index contributed by atoms with van der Waals surface area (Å²) in [6.07, 6.45) is 3.28. The van der Waals surface area contributed by atoms with E-state index in [1.807, 2.05) is 13.8 Å². The molecule has 21 heavy (non-hydrogen) atoms. The van der Waals surface area contributed by atoms with Gasteiger partial charge in [0.15, 0.2) is 0 Å². The van der Waals surface area contributed by atoms with Crippen LogP contribution in [0.4, 0.5) is 5.69 Å². The number of nitrogens with zero attached hydrogens (tertiary/aromatic N) is 1. The summed E-state index contributed by atoms with van der Waals surface area (Å²) in [6, 6.07) is 6.39. The maximum atomic E-state index is 12.3. The summed E-state index contributed by atoms with van der Waals surface area (Å²) >= 11 is 0. The lowest BCUT2D eigenvalue weighted by atomic mass is 9.93. The van der Waals surface area contributed by atoms with E-state index < -0.39 is 0 Å². The van der Waals surface area contributed by atoms with Crippen LogP contribution in [0.1, 0.15) is 44.7 Å². The third kappa shape index (κ3) is 3.65. The molecule has 3 nitrogen and oxygen atoms in total. The molecule has 1 saturated heterocycles. The highest BCUT2D eigenvalue weighted by atomic mass is 16.2. The number of carbonyl (C=O) groups is 1. The van der Waals surface area contributed by atoms with Crippen LogP contribution in [0.3, 0.4) is 0 Å². The Labute approximate surface area is 128 Å². The molecule has 1 amide bonds. The number of amides is 1. The topological polar surface area (TPSA) is 32.3 Å². The van der Waals surface area contributed by atoms with E-state index in [2.05, 4.69) is 42.3 Å². The Morgan fingerprint density at radius 1 is 1.19 bits per heavy atom. The van der Waals surface area contributed by atoms with E-state index in [1.54, 1.807) is 0 Å². The van der Waals surface area contributed by atoms with Gasteiger partial charge in [-0.2, -0.15) is 0 Å². The van der Waals surface area contributed by atoms with Crippen LogP contribution in [0.5, 0.6) is 0 Å². The highest BCUT2D eigenvalue weighted by Crippen LogP contribution is 2.28. The second-order valence-corrected chi connectivity index (χ2v) is 6.09. The van der Waals surface area contributed by atoms with Gasteiger partial charge in [0.05, 0.1) is 6.04 Å². The number of carbonyl (C=O) groups excluding carboxylic acids is 1. The molecule has 0 spiro atoms. The number of hydrogen-bond acceptors (Lipinski definition) is 2. The zero-order valence-corrected chi connectivity index (χ0v) is 13.8. The Hall–Kier alpha value is -1.35. The van der Waals surface area contributed by atoms with Crippen LogP contribution in [-0.2, 0) is 11.2 Å². The van der Waals surface area contributed by atoms with Crippen molar-refractivity contribution in [2.24, 2.45) is 5.92 Å². The first kappa shape index (κ1) is 16.0. The van der Waals surface area contributed by atoms with Crippen molar-refractivity contribution in [3.63, 3.8) is 0 Å². The first-order valence-electron chi connectivity index (χ1n) is 8.28. The largest absolute Gasteiger partial charge is 0.324 e. The number of anilines is 1. The molecule has 2 aliphatic rings. The van der Waals surface area contributed by atoms with Gasteiger partial charge in [-0.15, -0.1) is 0 Å². The molecule has 1 unspecified atom stereocenters. The lowest BCUT2D eigenvalue weighted by molar-refractivity contribution is -0.122. The summed E-state index contributed by atoms with van der Waals surface area (Å²) < 4.78 is 0. The van der Waals surface area contributed by atoms with Crippen LogP contribution < -0.4 is 5.32 Å². The normalized spacial score (nSPS) is 22.9. The Morgan fingerprint density at radius 3 is 2.52 bits per heavy atom. The maximum Gasteiger partial charge on any atom is 0.242 e. The second kappa shape index (κ2) is 7.08. The van der Waals surface area contributed by atoms with Crippen LogP contribution in [0.2, 0.25) is 0 Å². The number of benzene rings is 1. The quantitative estimate of drug-likeness (QED) is 0.856. The number of hydrogen-bond donors (Lipinski definition) is 1. The average Bonchev–Trinajstić information content (AvgIpc) is 2.49. The summed E-state index contributed by atoms with van der Waals surface area (Å²) in [5, 5.41) is 3.08. The molecular formula is C18H28N2O. The molecule has 1 aromatic carbocycles. The number of likely N-dealkylation sites (tertiary alicyclic amines) is 1. The van der Waals surface area contributed by atoms with E-state index >= 15 is 0 Å². The summed E-state index contributed by atoms with van der Waals surface area (Å²) in [6.45, 7) is 10.5. The molecule has 0 bridgehead atoms. The Balaban J connectivity index is 0.000000774. The van der Waals surface area contributed by atoms with Crippen LogP contribution in [0.15, 0.2) is 18.2 Å². The fraction of sp³-hybridized carbons (Fsp3) is 0.611. The molecule has 3 rings (SSSR count).